The Balaban J connectivity index is 1.85. The lowest BCUT2D eigenvalue weighted by atomic mass is 10.2. The number of aromatic nitrogens is 1. The highest BCUT2D eigenvalue weighted by molar-refractivity contribution is 9.10. The van der Waals surface area contributed by atoms with Crippen LogP contribution in [0.5, 0.6) is 0 Å². The zero-order valence-corrected chi connectivity index (χ0v) is 15.1. The van der Waals surface area contributed by atoms with Crippen LogP contribution in [0.4, 0.5) is 0 Å². The van der Waals surface area contributed by atoms with Crippen molar-refractivity contribution < 1.29 is 0 Å². The predicted molar refractivity (Wildman–Crippen MR) is 99.2 cm³/mol. The summed E-state index contributed by atoms with van der Waals surface area (Å²) in [4.78, 5) is 14.5. The van der Waals surface area contributed by atoms with E-state index in [0.29, 0.717) is 6.54 Å². The average Bonchev–Trinajstić information content (AvgIpc) is 2.54. The molecule has 2 aromatic carbocycles. The smallest absolute Gasteiger partial charge is 0.252 e. The van der Waals surface area contributed by atoms with E-state index in [4.69, 9.17) is 0 Å². The van der Waals surface area contributed by atoms with E-state index in [2.05, 4.69) is 22.0 Å². The molecular weight excluding hydrogens is 370 g/mol. The number of hydrogen-bond donors (Lipinski definition) is 0. The quantitative estimate of drug-likeness (QED) is 0.621. The summed E-state index contributed by atoms with van der Waals surface area (Å²) in [6.45, 7) is 2.59. The topological polar surface area (TPSA) is 22.0 Å². The molecule has 2 nitrogen and oxygen atoms in total. The number of benzene rings is 2. The van der Waals surface area contributed by atoms with Gasteiger partial charge in [-0.05, 0) is 42.8 Å². The van der Waals surface area contributed by atoms with Gasteiger partial charge in [0.05, 0.1) is 6.54 Å². The van der Waals surface area contributed by atoms with Gasteiger partial charge < -0.3 is 4.57 Å². The molecule has 0 saturated carbocycles. The Morgan fingerprint density at radius 2 is 1.65 bits per heavy atom. The van der Waals surface area contributed by atoms with Crippen LogP contribution in [0.25, 0.3) is 0 Å². The van der Waals surface area contributed by atoms with Crippen LogP contribution >= 0.6 is 27.7 Å². The molecule has 1 heterocycles. The van der Waals surface area contributed by atoms with Crippen molar-refractivity contribution in [1.29, 1.82) is 0 Å². The third-order valence-electron chi connectivity index (χ3n) is 3.54. The molecule has 0 atom stereocenters. The molecule has 3 aromatic rings. The summed E-state index contributed by atoms with van der Waals surface area (Å²) >= 11 is 5.04. The van der Waals surface area contributed by atoms with E-state index in [1.807, 2.05) is 61.5 Å². The summed E-state index contributed by atoms with van der Waals surface area (Å²) in [7, 11) is 0. The lowest BCUT2D eigenvalue weighted by Crippen LogP contribution is -2.22. The van der Waals surface area contributed by atoms with E-state index in [1.54, 1.807) is 22.4 Å². The molecule has 0 saturated heterocycles. The molecule has 0 aliphatic heterocycles. The Morgan fingerprint density at radius 3 is 2.30 bits per heavy atom. The number of aryl methyl sites for hydroxylation is 1. The Kier molecular flexibility index (Phi) is 5.03. The third kappa shape index (κ3) is 4.15. The van der Waals surface area contributed by atoms with Gasteiger partial charge in [-0.2, -0.15) is 0 Å². The van der Waals surface area contributed by atoms with Gasteiger partial charge in [-0.1, -0.05) is 58.0 Å². The molecule has 0 aliphatic rings. The van der Waals surface area contributed by atoms with Gasteiger partial charge in [-0.3, -0.25) is 4.79 Å². The van der Waals surface area contributed by atoms with Gasteiger partial charge in [-0.25, -0.2) is 0 Å². The van der Waals surface area contributed by atoms with E-state index < -0.39 is 0 Å². The Morgan fingerprint density at radius 1 is 0.957 bits per heavy atom. The number of pyridine rings is 1. The van der Waals surface area contributed by atoms with Crippen LogP contribution in [0.3, 0.4) is 0 Å². The Bertz CT molecular complexity index is 857. The number of nitrogens with zero attached hydrogens (tertiary/aromatic N) is 1. The highest BCUT2D eigenvalue weighted by Gasteiger charge is 2.06. The lowest BCUT2D eigenvalue weighted by Gasteiger charge is -2.11. The number of hydrogen-bond acceptors (Lipinski definition) is 2. The maximum atomic E-state index is 12.5. The Labute approximate surface area is 148 Å². The van der Waals surface area contributed by atoms with Crippen LogP contribution in [0, 0.1) is 6.92 Å². The lowest BCUT2D eigenvalue weighted by molar-refractivity contribution is 0.723. The van der Waals surface area contributed by atoms with E-state index in [-0.39, 0.29) is 5.56 Å². The van der Waals surface area contributed by atoms with Gasteiger partial charge in [0.25, 0.3) is 5.56 Å². The highest BCUT2D eigenvalue weighted by Crippen LogP contribution is 2.28. The monoisotopic (exact) mass is 385 g/mol. The summed E-state index contributed by atoms with van der Waals surface area (Å²) in [5, 5.41) is 0. The summed E-state index contributed by atoms with van der Waals surface area (Å²) in [6.07, 6.45) is 0. The second-order valence-electron chi connectivity index (χ2n) is 5.30. The minimum Gasteiger partial charge on any atom is -0.308 e. The first kappa shape index (κ1) is 16.1. The SMILES string of the molecule is Cc1cc(Sc2ccc(Br)cc2)cc(=O)n1Cc1ccccc1. The van der Waals surface area contributed by atoms with Gasteiger partial charge in [0.1, 0.15) is 0 Å². The first-order chi connectivity index (χ1) is 11.1. The van der Waals surface area contributed by atoms with Gasteiger partial charge in [-0.15, -0.1) is 0 Å². The molecule has 0 unspecified atom stereocenters. The van der Waals surface area contributed by atoms with Crippen molar-refractivity contribution >= 4 is 27.7 Å². The van der Waals surface area contributed by atoms with Crippen molar-refractivity contribution in [2.24, 2.45) is 0 Å². The molecule has 0 radical (unpaired) electrons. The molecule has 0 fully saturated rings. The molecule has 0 aliphatic carbocycles. The fraction of sp³-hybridized carbons (Fsp3) is 0.105. The van der Waals surface area contributed by atoms with Crippen molar-refractivity contribution in [3.05, 3.63) is 92.8 Å². The molecule has 0 N–H and O–H groups in total. The summed E-state index contributed by atoms with van der Waals surface area (Å²) in [5.41, 5.74) is 2.14. The van der Waals surface area contributed by atoms with E-state index in [9.17, 15) is 4.79 Å². The van der Waals surface area contributed by atoms with E-state index >= 15 is 0 Å². The highest BCUT2D eigenvalue weighted by atomic mass is 79.9. The molecular formula is C19H16BrNOS. The summed E-state index contributed by atoms with van der Waals surface area (Å²) < 4.78 is 2.86. The largest absolute Gasteiger partial charge is 0.308 e. The van der Waals surface area contributed by atoms with Gasteiger partial charge in [0.2, 0.25) is 0 Å². The fourth-order valence-electron chi connectivity index (χ4n) is 2.37. The molecule has 3 rings (SSSR count). The van der Waals surface area contributed by atoms with Crippen molar-refractivity contribution in [1.82, 2.24) is 4.57 Å². The Hall–Kier alpha value is -1.78. The molecule has 23 heavy (non-hydrogen) atoms. The number of halogens is 1. The van der Waals surface area contributed by atoms with E-state index in [0.717, 1.165) is 25.5 Å². The van der Waals surface area contributed by atoms with Crippen LogP contribution < -0.4 is 5.56 Å². The van der Waals surface area contributed by atoms with Crippen molar-refractivity contribution in [3.8, 4) is 0 Å². The fourth-order valence-corrected chi connectivity index (χ4v) is 3.56. The molecule has 0 spiro atoms. The maximum Gasteiger partial charge on any atom is 0.252 e. The summed E-state index contributed by atoms with van der Waals surface area (Å²) in [6, 6.07) is 21.9. The standard InChI is InChI=1S/C19H16BrNOS/c1-14-11-18(23-17-9-7-16(20)8-10-17)12-19(22)21(14)13-15-5-3-2-4-6-15/h2-12H,13H2,1H3. The van der Waals surface area contributed by atoms with Crippen molar-refractivity contribution in [2.45, 2.75) is 23.3 Å². The van der Waals surface area contributed by atoms with Crippen LogP contribution in [-0.4, -0.2) is 4.57 Å². The number of rotatable bonds is 4. The zero-order chi connectivity index (χ0) is 16.2. The van der Waals surface area contributed by atoms with Gasteiger partial charge in [0, 0.05) is 26.0 Å². The van der Waals surface area contributed by atoms with Crippen LogP contribution in [-0.2, 0) is 6.54 Å². The molecule has 0 amide bonds. The third-order valence-corrected chi connectivity index (χ3v) is 5.05. The van der Waals surface area contributed by atoms with Crippen LogP contribution in [0.2, 0.25) is 0 Å². The average molecular weight is 386 g/mol. The van der Waals surface area contributed by atoms with Crippen molar-refractivity contribution in [2.75, 3.05) is 0 Å². The van der Waals surface area contributed by atoms with Crippen LogP contribution in [0.15, 0.2) is 85.8 Å². The molecule has 116 valence electrons. The van der Waals surface area contributed by atoms with Gasteiger partial charge >= 0.3 is 0 Å². The minimum absolute atomic E-state index is 0.0356. The minimum atomic E-state index is 0.0356. The van der Waals surface area contributed by atoms with Crippen molar-refractivity contribution in [3.63, 3.8) is 0 Å². The predicted octanol–water partition coefficient (Wildman–Crippen LogP) is 5.12. The molecule has 4 heteroatoms. The molecule has 0 bridgehead atoms. The van der Waals surface area contributed by atoms with Crippen LogP contribution in [0.1, 0.15) is 11.3 Å². The first-order valence-electron chi connectivity index (χ1n) is 7.31. The maximum absolute atomic E-state index is 12.5. The summed E-state index contributed by atoms with van der Waals surface area (Å²) in [5.74, 6) is 0. The van der Waals surface area contributed by atoms with Gasteiger partial charge in [0.15, 0.2) is 0 Å². The normalized spacial score (nSPS) is 10.7. The second kappa shape index (κ2) is 7.20. The van der Waals surface area contributed by atoms with E-state index in [1.165, 1.54) is 0 Å². The second-order valence-corrected chi connectivity index (χ2v) is 7.36. The molecule has 1 aromatic heterocycles. The first-order valence-corrected chi connectivity index (χ1v) is 8.91. The zero-order valence-electron chi connectivity index (χ0n) is 12.7.